The predicted octanol–water partition coefficient (Wildman–Crippen LogP) is 7.57. The molecule has 1 atom stereocenters. The molecule has 2 heterocycles. The molecule has 1 aliphatic heterocycles. The fourth-order valence-corrected chi connectivity index (χ4v) is 7.76. The molecule has 13 heteroatoms. The van der Waals surface area contributed by atoms with Gasteiger partial charge in [-0.3, -0.25) is 9.59 Å². The van der Waals surface area contributed by atoms with Crippen molar-refractivity contribution in [2.24, 2.45) is 0 Å². The molecule has 3 aromatic carbocycles. The van der Waals surface area contributed by atoms with Crippen LogP contribution in [0.2, 0.25) is 0 Å². The van der Waals surface area contributed by atoms with Gasteiger partial charge in [-0.2, -0.15) is 0 Å². The van der Waals surface area contributed by atoms with Crippen molar-refractivity contribution in [2.75, 3.05) is 38.5 Å². The molecule has 0 saturated carbocycles. The number of ether oxygens (including phenoxy) is 4. The molecule has 2 N–H and O–H groups in total. The normalized spacial score (nSPS) is 13.0. The molecule has 4 aromatic rings. The molecule has 1 unspecified atom stereocenters. The lowest BCUT2D eigenvalue weighted by Crippen LogP contribution is -2.39. The standard InChI is InChI=1S/C37H39N3O8S2/c1-37(2,3)48-36(44)40-19-18-25-28(21-40)50-34(29(25)35(43)47-6)39-33(42)31(22-12-8-7-9-13-22)49-24-15-10-14-23(20-24)38-32(41)30-26(45-4)16-11-17-27(30)46-5/h7-17,20,31H,18-19,21H2,1-6H3,(H,38,41)(H,39,42). The van der Waals surface area contributed by atoms with Gasteiger partial charge in [-0.05, 0) is 68.7 Å². The fraction of sp³-hybridized carbons (Fsp3) is 0.297. The van der Waals surface area contributed by atoms with Gasteiger partial charge < -0.3 is 34.5 Å². The zero-order valence-electron chi connectivity index (χ0n) is 28.7. The minimum atomic E-state index is -0.737. The van der Waals surface area contributed by atoms with E-state index in [9.17, 15) is 19.2 Å². The van der Waals surface area contributed by atoms with E-state index in [1.165, 1.54) is 44.4 Å². The van der Waals surface area contributed by atoms with E-state index in [4.69, 9.17) is 18.9 Å². The molecule has 0 fully saturated rings. The molecule has 0 saturated heterocycles. The van der Waals surface area contributed by atoms with Gasteiger partial charge in [-0.25, -0.2) is 9.59 Å². The molecule has 1 aromatic heterocycles. The number of carbonyl (C=O) groups excluding carboxylic acids is 4. The monoisotopic (exact) mass is 717 g/mol. The molecule has 0 aliphatic carbocycles. The van der Waals surface area contributed by atoms with Crippen molar-refractivity contribution >= 4 is 57.7 Å². The number of nitrogens with one attached hydrogen (secondary N) is 2. The second-order valence-corrected chi connectivity index (χ2v) is 14.6. The van der Waals surface area contributed by atoms with E-state index < -0.39 is 28.8 Å². The van der Waals surface area contributed by atoms with Gasteiger partial charge >= 0.3 is 12.1 Å². The maximum atomic E-state index is 14.2. The second kappa shape index (κ2) is 15.7. The number of methoxy groups -OCH3 is 3. The van der Waals surface area contributed by atoms with Gasteiger partial charge in [0.05, 0.1) is 33.4 Å². The van der Waals surface area contributed by atoms with Crippen molar-refractivity contribution in [2.45, 2.75) is 49.5 Å². The van der Waals surface area contributed by atoms with Crippen LogP contribution in [0.3, 0.4) is 0 Å². The predicted molar refractivity (Wildman–Crippen MR) is 194 cm³/mol. The molecule has 262 valence electrons. The van der Waals surface area contributed by atoms with Crippen LogP contribution in [-0.2, 0) is 27.2 Å². The van der Waals surface area contributed by atoms with Gasteiger partial charge in [0.1, 0.15) is 32.9 Å². The average molecular weight is 718 g/mol. The maximum Gasteiger partial charge on any atom is 0.410 e. The Morgan fingerprint density at radius 3 is 2.18 bits per heavy atom. The largest absolute Gasteiger partial charge is 0.496 e. The summed E-state index contributed by atoms with van der Waals surface area (Å²) in [6, 6.07) is 21.5. The highest BCUT2D eigenvalue weighted by Crippen LogP contribution is 2.41. The smallest absolute Gasteiger partial charge is 0.410 e. The van der Waals surface area contributed by atoms with Crippen LogP contribution in [0.25, 0.3) is 0 Å². The lowest BCUT2D eigenvalue weighted by molar-refractivity contribution is -0.115. The van der Waals surface area contributed by atoms with Crippen molar-refractivity contribution in [3.8, 4) is 11.5 Å². The summed E-state index contributed by atoms with van der Waals surface area (Å²) in [5, 5.41) is 5.53. The minimum absolute atomic E-state index is 0.241. The third-order valence-corrected chi connectivity index (χ3v) is 10.1. The summed E-state index contributed by atoms with van der Waals surface area (Å²) in [5.74, 6) is -0.606. The maximum absolute atomic E-state index is 14.2. The Bertz CT molecular complexity index is 1860. The third kappa shape index (κ3) is 8.40. The van der Waals surface area contributed by atoms with E-state index in [0.717, 1.165) is 16.0 Å². The Labute approximate surface area is 299 Å². The molecule has 3 amide bonds. The van der Waals surface area contributed by atoms with Gasteiger partial charge in [0, 0.05) is 22.0 Å². The van der Waals surface area contributed by atoms with Gasteiger partial charge in [0.2, 0.25) is 5.91 Å². The number of esters is 1. The lowest BCUT2D eigenvalue weighted by atomic mass is 10.0. The number of fused-ring (bicyclic) bond motifs is 1. The molecule has 0 spiro atoms. The number of carbonyl (C=O) groups is 4. The molecular weight excluding hydrogens is 679 g/mol. The highest BCUT2D eigenvalue weighted by molar-refractivity contribution is 8.00. The number of nitrogens with zero attached hydrogens (tertiary/aromatic N) is 1. The summed E-state index contributed by atoms with van der Waals surface area (Å²) in [6.45, 7) is 6.02. The van der Waals surface area contributed by atoms with E-state index in [2.05, 4.69) is 10.6 Å². The Hall–Kier alpha value is -5.01. The summed E-state index contributed by atoms with van der Waals surface area (Å²) in [7, 11) is 4.26. The molecule has 5 rings (SSSR count). The minimum Gasteiger partial charge on any atom is -0.496 e. The van der Waals surface area contributed by atoms with Gasteiger partial charge in [-0.15, -0.1) is 23.1 Å². The summed E-state index contributed by atoms with van der Waals surface area (Å²) >= 11 is 2.54. The highest BCUT2D eigenvalue weighted by atomic mass is 32.2. The molecule has 50 heavy (non-hydrogen) atoms. The highest BCUT2D eigenvalue weighted by Gasteiger charge is 2.34. The van der Waals surface area contributed by atoms with Crippen LogP contribution in [0.5, 0.6) is 11.5 Å². The number of hydrogen-bond donors (Lipinski definition) is 2. The van der Waals surface area contributed by atoms with Crippen molar-refractivity contribution in [1.29, 1.82) is 0 Å². The zero-order valence-corrected chi connectivity index (χ0v) is 30.3. The topological polar surface area (TPSA) is 132 Å². The fourth-order valence-electron chi connectivity index (χ4n) is 5.42. The number of anilines is 2. The van der Waals surface area contributed by atoms with Crippen LogP contribution < -0.4 is 20.1 Å². The summed E-state index contributed by atoms with van der Waals surface area (Å²) < 4.78 is 21.5. The summed E-state index contributed by atoms with van der Waals surface area (Å²) in [6.07, 6.45) is -0.0376. The number of hydrogen-bond acceptors (Lipinski definition) is 10. The van der Waals surface area contributed by atoms with Gasteiger partial charge in [0.15, 0.2) is 0 Å². The summed E-state index contributed by atoms with van der Waals surface area (Å²) in [4.78, 5) is 56.5. The molecule has 1 aliphatic rings. The Kier molecular flexibility index (Phi) is 11.4. The first-order chi connectivity index (χ1) is 23.9. The van der Waals surface area contributed by atoms with Crippen LogP contribution in [0.15, 0.2) is 77.7 Å². The first kappa shape index (κ1) is 36.3. The number of rotatable bonds is 10. The lowest BCUT2D eigenvalue weighted by Gasteiger charge is -2.30. The molecule has 11 nitrogen and oxygen atoms in total. The average Bonchev–Trinajstić information content (AvgIpc) is 3.46. The van der Waals surface area contributed by atoms with Crippen molar-refractivity contribution in [1.82, 2.24) is 4.90 Å². The van der Waals surface area contributed by atoms with E-state index in [1.54, 1.807) is 62.1 Å². The molecule has 0 bridgehead atoms. The van der Waals surface area contributed by atoms with Crippen molar-refractivity contribution in [3.63, 3.8) is 0 Å². The van der Waals surface area contributed by atoms with Gasteiger partial charge in [-0.1, -0.05) is 42.5 Å². The van der Waals surface area contributed by atoms with Crippen LogP contribution >= 0.6 is 23.1 Å². The van der Waals surface area contributed by atoms with E-state index in [-0.39, 0.29) is 23.6 Å². The third-order valence-electron chi connectivity index (χ3n) is 7.68. The van der Waals surface area contributed by atoms with E-state index in [1.807, 2.05) is 36.4 Å². The van der Waals surface area contributed by atoms with E-state index in [0.29, 0.717) is 40.0 Å². The SMILES string of the molecule is COC(=O)c1c(NC(=O)C(Sc2cccc(NC(=O)c3c(OC)cccc3OC)c2)c2ccccc2)sc2c1CCN(C(=O)OC(C)(C)C)C2. The second-order valence-electron chi connectivity index (χ2n) is 12.3. The zero-order chi connectivity index (χ0) is 36.0. The Balaban J connectivity index is 1.40. The van der Waals surface area contributed by atoms with Gasteiger partial charge in [0.25, 0.3) is 5.91 Å². The van der Waals surface area contributed by atoms with Crippen molar-refractivity contribution in [3.05, 3.63) is 99.9 Å². The number of thiophene rings is 1. The first-order valence-corrected chi connectivity index (χ1v) is 17.5. The Morgan fingerprint density at radius 2 is 1.54 bits per heavy atom. The van der Waals surface area contributed by atoms with Crippen LogP contribution in [0.1, 0.15) is 62.7 Å². The Morgan fingerprint density at radius 1 is 0.860 bits per heavy atom. The number of benzene rings is 3. The van der Waals surface area contributed by atoms with Crippen molar-refractivity contribution < 1.29 is 38.1 Å². The summed E-state index contributed by atoms with van der Waals surface area (Å²) in [5.41, 5.74) is 1.88. The molecule has 0 radical (unpaired) electrons. The van der Waals surface area contributed by atoms with Crippen LogP contribution in [0.4, 0.5) is 15.5 Å². The molecular formula is C37H39N3O8S2. The number of thioether (sulfide) groups is 1. The quantitative estimate of drug-likeness (QED) is 0.126. The number of amides is 3. The van der Waals surface area contributed by atoms with E-state index >= 15 is 0 Å². The van der Waals surface area contributed by atoms with Crippen LogP contribution in [0, 0.1) is 0 Å². The van der Waals surface area contributed by atoms with Crippen LogP contribution in [-0.4, -0.2) is 62.3 Å². The first-order valence-electron chi connectivity index (χ1n) is 15.8.